The Morgan fingerprint density at radius 1 is 1.56 bits per heavy atom. The van der Waals surface area contributed by atoms with Gasteiger partial charge in [0.25, 0.3) is 0 Å². The largest absolute Gasteiger partial charge is 0.322 e. The number of anilines is 1. The van der Waals surface area contributed by atoms with Crippen LogP contribution in [0.5, 0.6) is 0 Å². The van der Waals surface area contributed by atoms with E-state index in [2.05, 4.69) is 20.8 Å². The molecule has 0 aliphatic heterocycles. The Labute approximate surface area is 107 Å². The first-order valence-corrected chi connectivity index (χ1v) is 5.49. The van der Waals surface area contributed by atoms with Gasteiger partial charge in [-0.2, -0.15) is 0 Å². The molecule has 0 aliphatic carbocycles. The SMILES string of the molecule is CC(Cl)C(=O)Nc1cc(-n2cnnn2)ccc1F. The first-order chi connectivity index (χ1) is 8.58. The number of halogens is 2. The molecule has 1 atom stereocenters. The summed E-state index contributed by atoms with van der Waals surface area (Å²) >= 11 is 5.60. The van der Waals surface area contributed by atoms with Gasteiger partial charge in [-0.25, -0.2) is 9.07 Å². The molecule has 1 N–H and O–H groups in total. The monoisotopic (exact) mass is 269 g/mol. The molecule has 94 valence electrons. The number of hydrogen-bond acceptors (Lipinski definition) is 4. The Balaban J connectivity index is 2.30. The van der Waals surface area contributed by atoms with Crippen molar-refractivity contribution >= 4 is 23.2 Å². The van der Waals surface area contributed by atoms with Gasteiger partial charge in [-0.1, -0.05) is 0 Å². The van der Waals surface area contributed by atoms with E-state index in [9.17, 15) is 9.18 Å². The summed E-state index contributed by atoms with van der Waals surface area (Å²) in [4.78, 5) is 11.4. The third kappa shape index (κ3) is 2.62. The van der Waals surface area contributed by atoms with Gasteiger partial charge in [0.05, 0.1) is 11.4 Å². The fourth-order valence-electron chi connectivity index (χ4n) is 1.26. The predicted octanol–water partition coefficient (Wildman–Crippen LogP) is 1.37. The molecule has 0 fully saturated rings. The van der Waals surface area contributed by atoms with E-state index in [0.717, 1.165) is 0 Å². The summed E-state index contributed by atoms with van der Waals surface area (Å²) in [7, 11) is 0. The van der Waals surface area contributed by atoms with Gasteiger partial charge >= 0.3 is 0 Å². The van der Waals surface area contributed by atoms with Gasteiger partial charge in [-0.05, 0) is 35.5 Å². The number of carbonyl (C=O) groups is 1. The maximum absolute atomic E-state index is 13.5. The van der Waals surface area contributed by atoms with Crippen molar-refractivity contribution in [2.24, 2.45) is 0 Å². The fraction of sp³-hybridized carbons (Fsp3) is 0.200. The van der Waals surface area contributed by atoms with Gasteiger partial charge in [0.15, 0.2) is 0 Å². The van der Waals surface area contributed by atoms with E-state index in [4.69, 9.17) is 11.6 Å². The lowest BCUT2D eigenvalue weighted by Gasteiger charge is -2.09. The van der Waals surface area contributed by atoms with Crippen molar-refractivity contribution in [2.45, 2.75) is 12.3 Å². The van der Waals surface area contributed by atoms with Crippen molar-refractivity contribution < 1.29 is 9.18 Å². The third-order valence-electron chi connectivity index (χ3n) is 2.18. The van der Waals surface area contributed by atoms with E-state index in [0.29, 0.717) is 5.69 Å². The van der Waals surface area contributed by atoms with E-state index < -0.39 is 17.1 Å². The Morgan fingerprint density at radius 3 is 2.94 bits per heavy atom. The van der Waals surface area contributed by atoms with Crippen molar-refractivity contribution in [3.05, 3.63) is 30.3 Å². The van der Waals surface area contributed by atoms with Crippen LogP contribution in [0.25, 0.3) is 5.69 Å². The van der Waals surface area contributed by atoms with Crippen LogP contribution in [0.15, 0.2) is 24.5 Å². The normalized spacial score (nSPS) is 12.2. The van der Waals surface area contributed by atoms with Crippen LogP contribution >= 0.6 is 11.6 Å². The lowest BCUT2D eigenvalue weighted by atomic mass is 10.2. The first kappa shape index (κ1) is 12.4. The van der Waals surface area contributed by atoms with Crippen LogP contribution in [0.4, 0.5) is 10.1 Å². The summed E-state index contributed by atoms with van der Waals surface area (Å²) in [6.07, 6.45) is 1.36. The third-order valence-corrected chi connectivity index (χ3v) is 2.38. The smallest absolute Gasteiger partial charge is 0.242 e. The van der Waals surface area contributed by atoms with E-state index in [1.54, 1.807) is 0 Å². The zero-order valence-corrected chi connectivity index (χ0v) is 10.1. The number of hydrogen-bond donors (Lipinski definition) is 1. The molecule has 1 aromatic carbocycles. The molecule has 8 heteroatoms. The number of nitrogens with one attached hydrogen (secondary N) is 1. The van der Waals surface area contributed by atoms with Gasteiger partial charge in [0, 0.05) is 0 Å². The zero-order valence-electron chi connectivity index (χ0n) is 9.34. The average molecular weight is 270 g/mol. The first-order valence-electron chi connectivity index (χ1n) is 5.06. The van der Waals surface area contributed by atoms with Gasteiger partial charge < -0.3 is 5.32 Å². The molecule has 1 amide bonds. The summed E-state index contributed by atoms with van der Waals surface area (Å²) in [5, 5.41) is 12.2. The molecule has 1 heterocycles. The summed E-state index contributed by atoms with van der Waals surface area (Å²) < 4.78 is 14.9. The van der Waals surface area contributed by atoms with Crippen LogP contribution in [0.2, 0.25) is 0 Å². The molecular weight excluding hydrogens is 261 g/mol. The second-order valence-corrected chi connectivity index (χ2v) is 4.18. The lowest BCUT2D eigenvalue weighted by molar-refractivity contribution is -0.115. The van der Waals surface area contributed by atoms with E-state index >= 15 is 0 Å². The molecule has 0 aliphatic rings. The molecule has 0 radical (unpaired) electrons. The molecule has 6 nitrogen and oxygen atoms in total. The Kier molecular flexibility index (Phi) is 3.52. The second kappa shape index (κ2) is 5.09. The molecule has 1 unspecified atom stereocenters. The summed E-state index contributed by atoms with van der Waals surface area (Å²) in [6.45, 7) is 1.50. The molecule has 0 saturated carbocycles. The predicted molar refractivity (Wildman–Crippen MR) is 63.1 cm³/mol. The highest BCUT2D eigenvalue weighted by Crippen LogP contribution is 2.18. The maximum atomic E-state index is 13.5. The number of amides is 1. The van der Waals surface area contributed by atoms with Crippen LogP contribution in [-0.2, 0) is 4.79 Å². The lowest BCUT2D eigenvalue weighted by Crippen LogP contribution is -2.21. The highest BCUT2D eigenvalue weighted by atomic mass is 35.5. The quantitative estimate of drug-likeness (QED) is 0.854. The number of benzene rings is 1. The molecular formula is C10H9ClFN5O. The van der Waals surface area contributed by atoms with Crippen molar-refractivity contribution in [3.63, 3.8) is 0 Å². The molecule has 18 heavy (non-hydrogen) atoms. The van der Waals surface area contributed by atoms with Crippen molar-refractivity contribution in [1.29, 1.82) is 0 Å². The molecule has 0 spiro atoms. The van der Waals surface area contributed by atoms with Crippen LogP contribution in [0.3, 0.4) is 0 Å². The van der Waals surface area contributed by atoms with Crippen LogP contribution in [0.1, 0.15) is 6.92 Å². The van der Waals surface area contributed by atoms with Crippen molar-refractivity contribution in [1.82, 2.24) is 20.2 Å². The van der Waals surface area contributed by atoms with Gasteiger partial charge in [-0.15, -0.1) is 16.7 Å². The van der Waals surface area contributed by atoms with Crippen molar-refractivity contribution in [3.8, 4) is 5.69 Å². The number of aromatic nitrogens is 4. The van der Waals surface area contributed by atoms with Gasteiger partial charge in [0.2, 0.25) is 5.91 Å². The number of rotatable bonds is 3. The Morgan fingerprint density at radius 2 is 2.33 bits per heavy atom. The fourth-order valence-corrected chi connectivity index (χ4v) is 1.32. The molecule has 0 bridgehead atoms. The van der Waals surface area contributed by atoms with Crippen LogP contribution in [0, 0.1) is 5.82 Å². The van der Waals surface area contributed by atoms with E-state index in [1.165, 1.54) is 36.1 Å². The summed E-state index contributed by atoms with van der Waals surface area (Å²) in [6, 6.07) is 4.12. The topological polar surface area (TPSA) is 72.7 Å². The zero-order chi connectivity index (χ0) is 13.1. The number of alkyl halides is 1. The van der Waals surface area contributed by atoms with Crippen LogP contribution < -0.4 is 5.32 Å². The average Bonchev–Trinajstić information content (AvgIpc) is 2.85. The van der Waals surface area contributed by atoms with E-state index in [1.807, 2.05) is 0 Å². The Hall–Kier alpha value is -2.02. The number of tetrazole rings is 1. The molecule has 2 rings (SSSR count). The second-order valence-electron chi connectivity index (χ2n) is 3.52. The van der Waals surface area contributed by atoms with E-state index in [-0.39, 0.29) is 5.69 Å². The van der Waals surface area contributed by atoms with Gasteiger partial charge in [-0.3, -0.25) is 4.79 Å². The molecule has 2 aromatic rings. The van der Waals surface area contributed by atoms with Crippen molar-refractivity contribution in [2.75, 3.05) is 5.32 Å². The Bertz CT molecular complexity index is 557. The highest BCUT2D eigenvalue weighted by Gasteiger charge is 2.13. The number of carbonyl (C=O) groups excluding carboxylic acids is 1. The minimum atomic E-state index is -0.749. The summed E-state index contributed by atoms with van der Waals surface area (Å²) in [5.41, 5.74) is 0.555. The minimum absolute atomic E-state index is 0.0282. The number of nitrogens with zero attached hydrogens (tertiary/aromatic N) is 4. The van der Waals surface area contributed by atoms with Gasteiger partial charge in [0.1, 0.15) is 17.5 Å². The van der Waals surface area contributed by atoms with Crippen LogP contribution in [-0.4, -0.2) is 31.5 Å². The highest BCUT2D eigenvalue weighted by molar-refractivity contribution is 6.32. The minimum Gasteiger partial charge on any atom is -0.322 e. The maximum Gasteiger partial charge on any atom is 0.242 e. The molecule has 0 saturated heterocycles. The summed E-state index contributed by atoms with van der Waals surface area (Å²) in [5.74, 6) is -1.04. The molecule has 1 aromatic heterocycles. The standard InChI is InChI=1S/C10H9ClFN5O/c1-6(11)10(18)14-9-4-7(2-3-8(9)12)17-5-13-15-16-17/h2-6H,1H3,(H,14,18).